The Bertz CT molecular complexity index is 610. The predicted octanol–water partition coefficient (Wildman–Crippen LogP) is 3.09. The number of pyridine rings is 1. The predicted molar refractivity (Wildman–Crippen MR) is 72.0 cm³/mol. The van der Waals surface area contributed by atoms with Crippen LogP contribution in [0.5, 0.6) is 0 Å². The van der Waals surface area contributed by atoms with E-state index in [4.69, 9.17) is 0 Å². The molecule has 0 saturated carbocycles. The molecule has 0 aliphatic heterocycles. The van der Waals surface area contributed by atoms with Crippen molar-refractivity contribution in [3.63, 3.8) is 0 Å². The van der Waals surface area contributed by atoms with Gasteiger partial charge in [0, 0.05) is 6.07 Å². The quantitative estimate of drug-likeness (QED) is 0.676. The third kappa shape index (κ3) is 2.27. The molecule has 1 aromatic carbocycles. The summed E-state index contributed by atoms with van der Waals surface area (Å²) in [5.74, 6) is 0.673. The van der Waals surface area contributed by atoms with Crippen molar-refractivity contribution >= 4 is 11.5 Å². The van der Waals surface area contributed by atoms with Crippen LogP contribution in [0, 0.1) is 10.1 Å². The number of benzene rings is 1. The van der Waals surface area contributed by atoms with Gasteiger partial charge in [-0.1, -0.05) is 24.3 Å². The van der Waals surface area contributed by atoms with Crippen molar-refractivity contribution in [1.82, 2.24) is 4.98 Å². The van der Waals surface area contributed by atoms with Gasteiger partial charge >= 0.3 is 0 Å². The molecule has 1 heterocycles. The first-order valence-corrected chi connectivity index (χ1v) is 6.19. The van der Waals surface area contributed by atoms with Crippen molar-refractivity contribution < 1.29 is 4.92 Å². The standard InChI is InChI=1S/C14H13N3O2/c18-17(19)11-6-8-14(15-9-11)16-13-7-5-10-3-1-2-4-12(10)13/h1-4,6,8-9,13H,5,7H2,(H,15,16). The van der Waals surface area contributed by atoms with Gasteiger partial charge in [-0.05, 0) is 30.0 Å². The summed E-state index contributed by atoms with van der Waals surface area (Å²) in [5.41, 5.74) is 2.67. The van der Waals surface area contributed by atoms with Crippen molar-refractivity contribution in [2.45, 2.75) is 18.9 Å². The van der Waals surface area contributed by atoms with E-state index >= 15 is 0 Å². The van der Waals surface area contributed by atoms with Gasteiger partial charge in [-0.25, -0.2) is 4.98 Å². The number of fused-ring (bicyclic) bond motifs is 1. The van der Waals surface area contributed by atoms with Crippen LogP contribution >= 0.6 is 0 Å². The molecule has 2 aromatic rings. The third-order valence-corrected chi connectivity index (χ3v) is 3.41. The lowest BCUT2D eigenvalue weighted by molar-refractivity contribution is -0.385. The van der Waals surface area contributed by atoms with Gasteiger partial charge in [-0.2, -0.15) is 0 Å². The van der Waals surface area contributed by atoms with Crippen LogP contribution in [0.3, 0.4) is 0 Å². The first-order valence-electron chi connectivity index (χ1n) is 6.19. The molecular formula is C14H13N3O2. The normalized spacial score (nSPS) is 16.9. The van der Waals surface area contributed by atoms with Crippen LogP contribution in [0.4, 0.5) is 11.5 Å². The molecule has 1 aliphatic carbocycles. The number of aryl methyl sites for hydroxylation is 1. The SMILES string of the molecule is O=[N+]([O-])c1ccc(NC2CCc3ccccc32)nc1. The maximum absolute atomic E-state index is 10.6. The monoisotopic (exact) mass is 255 g/mol. The van der Waals surface area contributed by atoms with E-state index in [-0.39, 0.29) is 11.7 Å². The zero-order chi connectivity index (χ0) is 13.2. The highest BCUT2D eigenvalue weighted by atomic mass is 16.6. The van der Waals surface area contributed by atoms with Crippen LogP contribution in [0.25, 0.3) is 0 Å². The van der Waals surface area contributed by atoms with Crippen molar-refractivity contribution in [2.24, 2.45) is 0 Å². The van der Waals surface area contributed by atoms with Gasteiger partial charge in [0.25, 0.3) is 5.69 Å². The van der Waals surface area contributed by atoms with E-state index in [1.807, 2.05) is 12.1 Å². The second-order valence-corrected chi connectivity index (χ2v) is 4.59. The lowest BCUT2D eigenvalue weighted by Gasteiger charge is -2.14. The number of anilines is 1. The molecule has 0 amide bonds. The Morgan fingerprint density at radius 1 is 1.26 bits per heavy atom. The van der Waals surface area contributed by atoms with E-state index in [0.29, 0.717) is 5.82 Å². The Hall–Kier alpha value is -2.43. The Balaban J connectivity index is 1.78. The van der Waals surface area contributed by atoms with Crippen LogP contribution in [0.1, 0.15) is 23.6 Å². The lowest BCUT2D eigenvalue weighted by Crippen LogP contribution is -2.08. The smallest absolute Gasteiger partial charge is 0.287 e. The summed E-state index contributed by atoms with van der Waals surface area (Å²) < 4.78 is 0. The molecule has 19 heavy (non-hydrogen) atoms. The highest BCUT2D eigenvalue weighted by molar-refractivity contribution is 5.45. The summed E-state index contributed by atoms with van der Waals surface area (Å²) in [6, 6.07) is 11.7. The summed E-state index contributed by atoms with van der Waals surface area (Å²) in [5, 5.41) is 13.9. The summed E-state index contributed by atoms with van der Waals surface area (Å²) in [6.07, 6.45) is 3.36. The molecule has 5 nitrogen and oxygen atoms in total. The van der Waals surface area contributed by atoms with Crippen LogP contribution in [-0.2, 0) is 6.42 Å². The Morgan fingerprint density at radius 3 is 2.84 bits per heavy atom. The fourth-order valence-electron chi connectivity index (χ4n) is 2.47. The Labute approximate surface area is 110 Å². The highest BCUT2D eigenvalue weighted by Gasteiger charge is 2.21. The van der Waals surface area contributed by atoms with Gasteiger partial charge in [-0.15, -0.1) is 0 Å². The van der Waals surface area contributed by atoms with E-state index in [2.05, 4.69) is 22.4 Å². The fraction of sp³-hybridized carbons (Fsp3) is 0.214. The minimum Gasteiger partial charge on any atom is -0.363 e. The van der Waals surface area contributed by atoms with E-state index < -0.39 is 4.92 Å². The molecule has 0 spiro atoms. The maximum atomic E-state index is 10.6. The first-order chi connectivity index (χ1) is 9.24. The molecule has 1 N–H and O–H groups in total. The Morgan fingerprint density at radius 2 is 2.11 bits per heavy atom. The van der Waals surface area contributed by atoms with Crippen molar-refractivity contribution in [2.75, 3.05) is 5.32 Å². The minimum atomic E-state index is -0.443. The topological polar surface area (TPSA) is 68.1 Å². The number of hydrogen-bond acceptors (Lipinski definition) is 4. The molecular weight excluding hydrogens is 242 g/mol. The summed E-state index contributed by atoms with van der Waals surface area (Å²) in [4.78, 5) is 14.2. The van der Waals surface area contributed by atoms with E-state index in [0.717, 1.165) is 12.8 Å². The summed E-state index contributed by atoms with van der Waals surface area (Å²) >= 11 is 0. The first kappa shape index (κ1) is 11.6. The second kappa shape index (κ2) is 4.68. The largest absolute Gasteiger partial charge is 0.363 e. The molecule has 96 valence electrons. The molecule has 5 heteroatoms. The van der Waals surface area contributed by atoms with E-state index in [1.54, 1.807) is 6.07 Å². The molecule has 1 aromatic heterocycles. The average molecular weight is 255 g/mol. The summed E-state index contributed by atoms with van der Waals surface area (Å²) in [6.45, 7) is 0. The van der Waals surface area contributed by atoms with Gasteiger partial charge in [0.2, 0.25) is 0 Å². The fourth-order valence-corrected chi connectivity index (χ4v) is 2.47. The number of nitrogens with one attached hydrogen (secondary N) is 1. The Kier molecular flexibility index (Phi) is 2.87. The average Bonchev–Trinajstić information content (AvgIpc) is 2.83. The van der Waals surface area contributed by atoms with E-state index in [9.17, 15) is 10.1 Å². The minimum absolute atomic E-state index is 0.0115. The number of nitro groups is 1. The molecule has 0 radical (unpaired) electrons. The van der Waals surface area contributed by atoms with Crippen LogP contribution in [-0.4, -0.2) is 9.91 Å². The molecule has 3 rings (SSSR count). The lowest BCUT2D eigenvalue weighted by atomic mass is 10.1. The second-order valence-electron chi connectivity index (χ2n) is 4.59. The number of nitrogens with zero attached hydrogens (tertiary/aromatic N) is 2. The zero-order valence-electron chi connectivity index (χ0n) is 10.2. The van der Waals surface area contributed by atoms with Crippen LogP contribution in [0.2, 0.25) is 0 Å². The highest BCUT2D eigenvalue weighted by Crippen LogP contribution is 2.33. The summed E-state index contributed by atoms with van der Waals surface area (Å²) in [7, 11) is 0. The van der Waals surface area contributed by atoms with Crippen molar-refractivity contribution in [3.05, 3.63) is 63.8 Å². The number of aromatic nitrogens is 1. The van der Waals surface area contributed by atoms with Gasteiger partial charge in [0.05, 0.1) is 11.0 Å². The maximum Gasteiger partial charge on any atom is 0.287 e. The van der Waals surface area contributed by atoms with Crippen molar-refractivity contribution in [3.8, 4) is 0 Å². The molecule has 1 aliphatic rings. The van der Waals surface area contributed by atoms with Gasteiger partial charge in [0.1, 0.15) is 12.0 Å². The zero-order valence-corrected chi connectivity index (χ0v) is 10.2. The molecule has 0 bridgehead atoms. The van der Waals surface area contributed by atoms with Gasteiger partial charge < -0.3 is 5.32 Å². The van der Waals surface area contributed by atoms with Gasteiger partial charge in [0.15, 0.2) is 0 Å². The molecule has 1 unspecified atom stereocenters. The number of hydrogen-bond donors (Lipinski definition) is 1. The van der Waals surface area contributed by atoms with Crippen LogP contribution in [0.15, 0.2) is 42.6 Å². The number of rotatable bonds is 3. The molecule has 0 saturated heterocycles. The molecule has 1 atom stereocenters. The van der Waals surface area contributed by atoms with Crippen LogP contribution < -0.4 is 5.32 Å². The van der Waals surface area contributed by atoms with E-state index in [1.165, 1.54) is 23.4 Å². The third-order valence-electron chi connectivity index (χ3n) is 3.41. The van der Waals surface area contributed by atoms with Gasteiger partial charge in [-0.3, -0.25) is 10.1 Å². The van der Waals surface area contributed by atoms with Crippen molar-refractivity contribution in [1.29, 1.82) is 0 Å². The molecule has 0 fully saturated rings.